The molecule has 0 aromatic heterocycles. The van der Waals surface area contributed by atoms with Crippen molar-refractivity contribution in [3.05, 3.63) is 78.1 Å². The Morgan fingerprint density at radius 1 is 1.11 bits per heavy atom. The fourth-order valence-corrected chi connectivity index (χ4v) is 5.36. The molecule has 2 N–H and O–H groups in total. The van der Waals surface area contributed by atoms with E-state index in [1.807, 2.05) is 30.3 Å². The molecule has 2 aromatic rings. The SMILES string of the molecule is COCCN1C(=O)[C@H]2[C@@H](C(=O)Nc3ccccc3F)[C@H]3C=C[C@]2(O3)[C@@H]1C(=O)NCc1ccccc1. The van der Waals surface area contributed by atoms with Gasteiger partial charge in [0.05, 0.1) is 30.2 Å². The average Bonchev–Trinajstić information content (AvgIpc) is 3.50. The van der Waals surface area contributed by atoms with Crippen LogP contribution in [0.15, 0.2) is 66.7 Å². The second-order valence-electron chi connectivity index (χ2n) is 8.90. The number of ether oxygens (including phenoxy) is 2. The number of nitrogens with zero attached hydrogens (tertiary/aromatic N) is 1. The third-order valence-electron chi connectivity index (χ3n) is 6.90. The summed E-state index contributed by atoms with van der Waals surface area (Å²) in [5.41, 5.74) is -0.345. The number of amides is 3. The first-order valence-corrected chi connectivity index (χ1v) is 11.5. The summed E-state index contributed by atoms with van der Waals surface area (Å²) in [5.74, 6) is -3.64. The molecule has 182 valence electrons. The Balaban J connectivity index is 1.42. The molecule has 5 atom stereocenters. The molecule has 0 radical (unpaired) electrons. The predicted molar refractivity (Wildman–Crippen MR) is 124 cm³/mol. The Hall–Kier alpha value is -3.56. The molecule has 2 aromatic carbocycles. The first-order valence-electron chi connectivity index (χ1n) is 11.5. The van der Waals surface area contributed by atoms with Crippen molar-refractivity contribution in [2.24, 2.45) is 11.8 Å². The predicted octanol–water partition coefficient (Wildman–Crippen LogP) is 1.88. The van der Waals surface area contributed by atoms with Crippen LogP contribution in [0.4, 0.5) is 10.1 Å². The van der Waals surface area contributed by atoms with Gasteiger partial charge in [0.25, 0.3) is 0 Å². The number of methoxy groups -OCH3 is 1. The molecule has 8 nitrogen and oxygen atoms in total. The summed E-state index contributed by atoms with van der Waals surface area (Å²) in [6.45, 7) is 0.671. The van der Waals surface area contributed by atoms with E-state index in [9.17, 15) is 18.8 Å². The van der Waals surface area contributed by atoms with E-state index in [-0.39, 0.29) is 37.2 Å². The van der Waals surface area contributed by atoms with Gasteiger partial charge in [-0.25, -0.2) is 4.39 Å². The number of halogens is 1. The number of hydrogen-bond donors (Lipinski definition) is 2. The van der Waals surface area contributed by atoms with Crippen molar-refractivity contribution >= 4 is 23.4 Å². The Bertz CT molecular complexity index is 1170. The van der Waals surface area contributed by atoms with Crippen molar-refractivity contribution in [2.45, 2.75) is 24.3 Å². The average molecular weight is 480 g/mol. The highest BCUT2D eigenvalue weighted by atomic mass is 19.1. The summed E-state index contributed by atoms with van der Waals surface area (Å²) in [7, 11) is 1.51. The van der Waals surface area contributed by atoms with E-state index in [4.69, 9.17) is 9.47 Å². The molecule has 1 spiro atoms. The molecular weight excluding hydrogens is 453 g/mol. The monoisotopic (exact) mass is 479 g/mol. The molecule has 3 amide bonds. The fraction of sp³-hybridized carbons (Fsp3) is 0.346. The number of fused-ring (bicyclic) bond motifs is 1. The number of nitrogens with one attached hydrogen (secondary N) is 2. The number of para-hydroxylation sites is 1. The molecule has 0 aliphatic carbocycles. The van der Waals surface area contributed by atoms with E-state index >= 15 is 0 Å². The molecule has 3 heterocycles. The van der Waals surface area contributed by atoms with Crippen LogP contribution in [-0.2, 0) is 30.4 Å². The van der Waals surface area contributed by atoms with Gasteiger partial charge in [-0.3, -0.25) is 14.4 Å². The summed E-state index contributed by atoms with van der Waals surface area (Å²) >= 11 is 0. The van der Waals surface area contributed by atoms with Gasteiger partial charge in [-0.05, 0) is 17.7 Å². The summed E-state index contributed by atoms with van der Waals surface area (Å²) in [6.07, 6.45) is 2.75. The third kappa shape index (κ3) is 3.90. The van der Waals surface area contributed by atoms with Crippen molar-refractivity contribution in [1.29, 1.82) is 0 Å². The van der Waals surface area contributed by atoms with Gasteiger partial charge < -0.3 is 25.0 Å². The largest absolute Gasteiger partial charge is 0.383 e. The molecule has 2 saturated heterocycles. The smallest absolute Gasteiger partial charge is 0.246 e. The Kier molecular flexibility index (Phi) is 6.12. The van der Waals surface area contributed by atoms with Gasteiger partial charge in [-0.1, -0.05) is 54.6 Å². The van der Waals surface area contributed by atoms with Gasteiger partial charge in [0.15, 0.2) is 0 Å². The van der Waals surface area contributed by atoms with Gasteiger partial charge in [0, 0.05) is 20.2 Å². The van der Waals surface area contributed by atoms with Gasteiger partial charge >= 0.3 is 0 Å². The minimum absolute atomic E-state index is 0.0251. The highest BCUT2D eigenvalue weighted by molar-refractivity contribution is 6.02. The minimum Gasteiger partial charge on any atom is -0.383 e. The number of benzene rings is 2. The lowest BCUT2D eigenvalue weighted by molar-refractivity contribution is -0.141. The van der Waals surface area contributed by atoms with Gasteiger partial charge in [-0.15, -0.1) is 0 Å². The molecule has 2 fully saturated rings. The summed E-state index contributed by atoms with van der Waals surface area (Å²) < 4.78 is 25.6. The molecule has 0 saturated carbocycles. The van der Waals surface area contributed by atoms with Crippen LogP contribution in [0.5, 0.6) is 0 Å². The normalized spacial score (nSPS) is 28.3. The second kappa shape index (κ2) is 9.24. The van der Waals surface area contributed by atoms with Crippen molar-refractivity contribution in [3.63, 3.8) is 0 Å². The van der Waals surface area contributed by atoms with E-state index in [0.29, 0.717) is 0 Å². The summed E-state index contributed by atoms with van der Waals surface area (Å²) in [6, 6.07) is 14.3. The summed E-state index contributed by atoms with van der Waals surface area (Å²) in [5, 5.41) is 5.50. The Morgan fingerprint density at radius 3 is 2.60 bits per heavy atom. The second-order valence-corrected chi connectivity index (χ2v) is 8.90. The highest BCUT2D eigenvalue weighted by Crippen LogP contribution is 2.55. The van der Waals surface area contributed by atoms with Crippen LogP contribution in [0, 0.1) is 17.7 Å². The zero-order chi connectivity index (χ0) is 24.6. The zero-order valence-electron chi connectivity index (χ0n) is 19.1. The lowest BCUT2D eigenvalue weighted by Crippen LogP contribution is -2.55. The van der Waals surface area contributed by atoms with Crippen LogP contribution in [0.2, 0.25) is 0 Å². The van der Waals surface area contributed by atoms with E-state index in [1.54, 1.807) is 18.2 Å². The van der Waals surface area contributed by atoms with Crippen molar-refractivity contribution < 1.29 is 28.2 Å². The van der Waals surface area contributed by atoms with Crippen LogP contribution in [-0.4, -0.2) is 60.6 Å². The number of carbonyl (C=O) groups is 3. The number of carbonyl (C=O) groups excluding carboxylic acids is 3. The molecule has 2 bridgehead atoms. The van der Waals surface area contributed by atoms with Crippen LogP contribution < -0.4 is 10.6 Å². The van der Waals surface area contributed by atoms with Gasteiger partial charge in [0.1, 0.15) is 17.5 Å². The molecule has 0 unspecified atom stereocenters. The number of anilines is 1. The maximum atomic E-state index is 14.2. The fourth-order valence-electron chi connectivity index (χ4n) is 5.36. The van der Waals surface area contributed by atoms with E-state index in [2.05, 4.69) is 10.6 Å². The molecule has 35 heavy (non-hydrogen) atoms. The minimum atomic E-state index is -1.28. The maximum Gasteiger partial charge on any atom is 0.246 e. The third-order valence-corrected chi connectivity index (χ3v) is 6.90. The van der Waals surface area contributed by atoms with Crippen LogP contribution in [0.3, 0.4) is 0 Å². The molecule has 3 aliphatic heterocycles. The van der Waals surface area contributed by atoms with Gasteiger partial charge in [0.2, 0.25) is 17.7 Å². The topological polar surface area (TPSA) is 97.0 Å². The van der Waals surface area contributed by atoms with Gasteiger partial charge in [-0.2, -0.15) is 0 Å². The van der Waals surface area contributed by atoms with Crippen LogP contribution in [0.25, 0.3) is 0 Å². The molecule has 9 heteroatoms. The number of rotatable bonds is 8. The zero-order valence-corrected chi connectivity index (χ0v) is 19.1. The van der Waals surface area contributed by atoms with E-state index in [0.717, 1.165) is 5.56 Å². The summed E-state index contributed by atoms with van der Waals surface area (Å²) in [4.78, 5) is 41.8. The number of likely N-dealkylation sites (tertiary alicyclic amines) is 1. The molecular formula is C26H26FN3O5. The first kappa shape index (κ1) is 23.2. The van der Waals surface area contributed by atoms with E-state index < -0.39 is 41.3 Å². The Morgan fingerprint density at radius 2 is 1.86 bits per heavy atom. The maximum absolute atomic E-state index is 14.2. The number of hydrogen-bond acceptors (Lipinski definition) is 5. The van der Waals surface area contributed by atoms with E-state index in [1.165, 1.54) is 30.2 Å². The highest BCUT2D eigenvalue weighted by Gasteiger charge is 2.72. The molecule has 3 aliphatic rings. The van der Waals surface area contributed by atoms with Crippen molar-refractivity contribution in [1.82, 2.24) is 10.2 Å². The van der Waals surface area contributed by atoms with Crippen LogP contribution in [0.1, 0.15) is 5.56 Å². The first-order chi connectivity index (χ1) is 17.0. The lowest BCUT2D eigenvalue weighted by Gasteiger charge is -2.32. The van der Waals surface area contributed by atoms with Crippen molar-refractivity contribution in [2.75, 3.05) is 25.6 Å². The lowest BCUT2D eigenvalue weighted by atomic mass is 9.74. The Labute approximate surface area is 202 Å². The quantitative estimate of drug-likeness (QED) is 0.564. The molecule has 5 rings (SSSR count). The van der Waals surface area contributed by atoms with Crippen molar-refractivity contribution in [3.8, 4) is 0 Å². The standard InChI is InChI=1S/C26H26FN3O5/c1-34-14-13-30-22(24(32)28-15-16-7-3-2-4-8-16)26-12-11-19(35-26)20(21(26)25(30)33)23(31)29-18-10-6-5-9-17(18)27/h2-12,19-22H,13-15H2,1H3,(H,28,32)(H,29,31)/t19-,20+,21-,22+,26-/m1/s1. The van der Waals surface area contributed by atoms with Crippen LogP contribution >= 0.6 is 0 Å².